The fourth-order valence-electron chi connectivity index (χ4n) is 1.19. The lowest BCUT2D eigenvalue weighted by Crippen LogP contribution is -2.13. The normalized spacial score (nSPS) is 10.6. The van der Waals surface area contributed by atoms with Crippen LogP contribution in [0.25, 0.3) is 0 Å². The lowest BCUT2D eigenvalue weighted by Gasteiger charge is -2.11. The minimum Gasteiger partial charge on any atom is -0.465 e. The standard InChI is InChI=1S/C9H7BrF3NO2/c1-16-9(15)6-5(7(11)12)4(2-10)3-14-8(6)13/h3,7H,2H2,1H3. The zero-order valence-electron chi connectivity index (χ0n) is 8.14. The largest absolute Gasteiger partial charge is 0.465 e. The van der Waals surface area contributed by atoms with Crippen LogP contribution in [0.15, 0.2) is 6.20 Å². The molecule has 0 aliphatic rings. The highest BCUT2D eigenvalue weighted by molar-refractivity contribution is 9.08. The Balaban J connectivity index is 3.48. The van der Waals surface area contributed by atoms with E-state index in [-0.39, 0.29) is 10.9 Å². The smallest absolute Gasteiger partial charge is 0.343 e. The summed E-state index contributed by atoms with van der Waals surface area (Å²) in [7, 11) is 0.984. The second-order valence-corrected chi connectivity index (χ2v) is 3.35. The number of halogens is 4. The van der Waals surface area contributed by atoms with E-state index in [0.717, 1.165) is 13.3 Å². The van der Waals surface area contributed by atoms with Crippen LogP contribution < -0.4 is 0 Å². The Hall–Kier alpha value is -1.11. The molecule has 0 saturated carbocycles. The third kappa shape index (κ3) is 2.34. The van der Waals surface area contributed by atoms with Crippen molar-refractivity contribution in [1.82, 2.24) is 4.98 Å². The number of methoxy groups -OCH3 is 1. The fourth-order valence-corrected chi connectivity index (χ4v) is 1.64. The molecule has 3 nitrogen and oxygen atoms in total. The molecule has 0 atom stereocenters. The number of hydrogen-bond donors (Lipinski definition) is 0. The number of hydrogen-bond acceptors (Lipinski definition) is 3. The van der Waals surface area contributed by atoms with E-state index < -0.39 is 29.5 Å². The maximum atomic E-state index is 13.2. The van der Waals surface area contributed by atoms with Gasteiger partial charge in [0.2, 0.25) is 5.95 Å². The van der Waals surface area contributed by atoms with E-state index in [1.54, 1.807) is 0 Å². The van der Waals surface area contributed by atoms with Crippen molar-refractivity contribution in [1.29, 1.82) is 0 Å². The van der Waals surface area contributed by atoms with Crippen LogP contribution in [-0.4, -0.2) is 18.1 Å². The Morgan fingerprint density at radius 3 is 2.69 bits per heavy atom. The summed E-state index contributed by atoms with van der Waals surface area (Å²) in [6.07, 6.45) is -2.02. The minimum atomic E-state index is -2.97. The number of alkyl halides is 3. The van der Waals surface area contributed by atoms with E-state index in [9.17, 15) is 18.0 Å². The van der Waals surface area contributed by atoms with Crippen LogP contribution in [0.1, 0.15) is 27.9 Å². The summed E-state index contributed by atoms with van der Waals surface area (Å²) in [5.74, 6) is -2.42. The third-order valence-corrected chi connectivity index (χ3v) is 2.51. The van der Waals surface area contributed by atoms with Crippen LogP contribution in [0.3, 0.4) is 0 Å². The van der Waals surface area contributed by atoms with Crippen LogP contribution in [-0.2, 0) is 10.1 Å². The van der Waals surface area contributed by atoms with Gasteiger partial charge in [-0.05, 0) is 5.56 Å². The summed E-state index contributed by atoms with van der Waals surface area (Å²) in [5, 5.41) is 0.0456. The lowest BCUT2D eigenvalue weighted by atomic mass is 10.1. The molecule has 0 aliphatic carbocycles. The second kappa shape index (κ2) is 5.29. The molecule has 0 bridgehead atoms. The Kier molecular flexibility index (Phi) is 4.28. The first-order chi connectivity index (χ1) is 7.52. The summed E-state index contributed by atoms with van der Waals surface area (Å²) in [6, 6.07) is 0. The number of carbonyl (C=O) groups excluding carboxylic acids is 1. The van der Waals surface area contributed by atoms with Gasteiger partial charge >= 0.3 is 5.97 Å². The van der Waals surface area contributed by atoms with Crippen molar-refractivity contribution in [2.75, 3.05) is 7.11 Å². The first-order valence-corrected chi connectivity index (χ1v) is 5.24. The average molecular weight is 298 g/mol. The van der Waals surface area contributed by atoms with Crippen molar-refractivity contribution >= 4 is 21.9 Å². The van der Waals surface area contributed by atoms with Crippen LogP contribution in [0.2, 0.25) is 0 Å². The predicted octanol–water partition coefficient (Wildman–Crippen LogP) is 2.84. The van der Waals surface area contributed by atoms with Gasteiger partial charge in [0, 0.05) is 17.1 Å². The van der Waals surface area contributed by atoms with Gasteiger partial charge in [-0.25, -0.2) is 18.6 Å². The number of nitrogens with zero attached hydrogens (tertiary/aromatic N) is 1. The van der Waals surface area contributed by atoms with Gasteiger partial charge in [0.1, 0.15) is 5.56 Å². The first kappa shape index (κ1) is 13.0. The van der Waals surface area contributed by atoms with Gasteiger partial charge < -0.3 is 4.74 Å². The number of rotatable bonds is 3. The predicted molar refractivity (Wildman–Crippen MR) is 53.1 cm³/mol. The van der Waals surface area contributed by atoms with Crippen LogP contribution >= 0.6 is 15.9 Å². The Morgan fingerprint density at radius 1 is 1.62 bits per heavy atom. The van der Waals surface area contributed by atoms with Crippen LogP contribution in [0, 0.1) is 5.95 Å². The summed E-state index contributed by atoms with van der Waals surface area (Å²) >= 11 is 2.96. The van der Waals surface area contributed by atoms with E-state index in [1.807, 2.05) is 0 Å². The maximum Gasteiger partial charge on any atom is 0.343 e. The van der Waals surface area contributed by atoms with Crippen molar-refractivity contribution in [2.24, 2.45) is 0 Å². The van der Waals surface area contributed by atoms with Gasteiger partial charge in [-0.15, -0.1) is 0 Å². The highest BCUT2D eigenvalue weighted by atomic mass is 79.9. The van der Waals surface area contributed by atoms with Crippen LogP contribution in [0.4, 0.5) is 13.2 Å². The van der Waals surface area contributed by atoms with E-state index in [2.05, 4.69) is 25.7 Å². The van der Waals surface area contributed by atoms with E-state index in [1.165, 1.54) is 0 Å². The quantitative estimate of drug-likeness (QED) is 0.489. The van der Waals surface area contributed by atoms with E-state index >= 15 is 0 Å². The molecule has 1 rings (SSSR count). The molecule has 0 aliphatic heterocycles. The van der Waals surface area contributed by atoms with Gasteiger partial charge in [0.15, 0.2) is 0 Å². The molecule has 1 aromatic heterocycles. The first-order valence-electron chi connectivity index (χ1n) is 4.12. The van der Waals surface area contributed by atoms with Gasteiger partial charge in [-0.3, -0.25) is 0 Å². The van der Waals surface area contributed by atoms with Crippen molar-refractivity contribution in [2.45, 2.75) is 11.8 Å². The van der Waals surface area contributed by atoms with Gasteiger partial charge in [-0.1, -0.05) is 15.9 Å². The summed E-state index contributed by atoms with van der Waals surface area (Å²) < 4.78 is 42.9. The molecule has 0 N–H and O–H groups in total. The third-order valence-electron chi connectivity index (χ3n) is 1.91. The molecule has 16 heavy (non-hydrogen) atoms. The second-order valence-electron chi connectivity index (χ2n) is 2.79. The van der Waals surface area contributed by atoms with Gasteiger partial charge in [0.05, 0.1) is 7.11 Å². The minimum absolute atomic E-state index is 0.0456. The summed E-state index contributed by atoms with van der Waals surface area (Å²) in [5.41, 5.74) is -1.44. The Morgan fingerprint density at radius 2 is 2.25 bits per heavy atom. The lowest BCUT2D eigenvalue weighted by molar-refractivity contribution is 0.0581. The molecule has 1 aromatic rings. The molecule has 0 radical (unpaired) electrons. The number of esters is 1. The van der Waals surface area contributed by atoms with Gasteiger partial charge in [-0.2, -0.15) is 4.39 Å². The van der Waals surface area contributed by atoms with Crippen molar-refractivity contribution in [3.05, 3.63) is 28.8 Å². The molecule has 0 saturated heterocycles. The Labute approximate surface area is 97.8 Å². The highest BCUT2D eigenvalue weighted by Crippen LogP contribution is 2.29. The van der Waals surface area contributed by atoms with Crippen molar-refractivity contribution < 1.29 is 22.7 Å². The molecule has 0 fully saturated rings. The molecule has 1 heterocycles. The fraction of sp³-hybridized carbons (Fsp3) is 0.333. The van der Waals surface area contributed by atoms with E-state index in [4.69, 9.17) is 0 Å². The molecule has 0 amide bonds. The van der Waals surface area contributed by atoms with Gasteiger partial charge in [0.25, 0.3) is 6.43 Å². The number of ether oxygens (including phenoxy) is 1. The molecule has 7 heteroatoms. The van der Waals surface area contributed by atoms with E-state index in [0.29, 0.717) is 0 Å². The molecule has 0 aromatic carbocycles. The highest BCUT2D eigenvalue weighted by Gasteiger charge is 2.27. The average Bonchev–Trinajstić information content (AvgIpc) is 2.27. The summed E-state index contributed by atoms with van der Waals surface area (Å²) in [4.78, 5) is 14.4. The van der Waals surface area contributed by atoms with Crippen molar-refractivity contribution in [3.8, 4) is 0 Å². The zero-order chi connectivity index (χ0) is 12.3. The number of carbonyl (C=O) groups is 1. The topological polar surface area (TPSA) is 39.2 Å². The molecule has 0 unspecified atom stereocenters. The molecule has 0 spiro atoms. The molecular weight excluding hydrogens is 291 g/mol. The zero-order valence-corrected chi connectivity index (χ0v) is 9.72. The molecule has 88 valence electrons. The summed E-state index contributed by atoms with van der Waals surface area (Å²) in [6.45, 7) is 0. The number of aromatic nitrogens is 1. The van der Waals surface area contributed by atoms with Crippen molar-refractivity contribution in [3.63, 3.8) is 0 Å². The Bertz CT molecular complexity index is 412. The number of pyridine rings is 1. The monoisotopic (exact) mass is 297 g/mol. The molecular formula is C9H7BrF3NO2. The maximum absolute atomic E-state index is 13.2. The van der Waals surface area contributed by atoms with Crippen LogP contribution in [0.5, 0.6) is 0 Å². The SMILES string of the molecule is COC(=O)c1c(F)ncc(CBr)c1C(F)F.